The molecule has 1 rings (SSSR count). The molecule has 3 nitrogen and oxygen atoms in total. The van der Waals surface area contributed by atoms with Crippen molar-refractivity contribution in [3.05, 3.63) is 34.3 Å². The molecule has 17 heavy (non-hydrogen) atoms. The largest absolute Gasteiger partial charge is 0.351 e. The Morgan fingerprint density at radius 3 is 2.71 bits per heavy atom. The Morgan fingerprint density at radius 1 is 1.47 bits per heavy atom. The normalized spacial score (nSPS) is 14.1. The number of amides is 1. The number of hydrogen-bond acceptors (Lipinski definition) is 2. The SMILES string of the molecule is CCC(C)[C@H](N)C(=O)NCc1ccccc1Br. The lowest BCUT2D eigenvalue weighted by Gasteiger charge is -2.17. The molecule has 1 aromatic carbocycles. The Labute approximate surface area is 111 Å². The van der Waals surface area contributed by atoms with E-state index in [0.29, 0.717) is 6.54 Å². The number of carbonyl (C=O) groups is 1. The average molecular weight is 299 g/mol. The predicted octanol–water partition coefficient (Wildman–Crippen LogP) is 2.44. The Morgan fingerprint density at radius 2 is 2.12 bits per heavy atom. The smallest absolute Gasteiger partial charge is 0.237 e. The first-order chi connectivity index (χ1) is 8.06. The number of nitrogens with one attached hydrogen (secondary N) is 1. The van der Waals surface area contributed by atoms with E-state index in [9.17, 15) is 4.79 Å². The van der Waals surface area contributed by atoms with Gasteiger partial charge in [0.25, 0.3) is 0 Å². The highest BCUT2D eigenvalue weighted by molar-refractivity contribution is 9.10. The van der Waals surface area contributed by atoms with Gasteiger partial charge in [0.2, 0.25) is 5.91 Å². The zero-order chi connectivity index (χ0) is 12.8. The van der Waals surface area contributed by atoms with E-state index in [1.807, 2.05) is 38.1 Å². The molecule has 3 N–H and O–H groups in total. The van der Waals surface area contributed by atoms with E-state index in [1.54, 1.807) is 0 Å². The summed E-state index contributed by atoms with van der Waals surface area (Å²) in [7, 11) is 0. The molecule has 0 aliphatic heterocycles. The third-order valence-electron chi connectivity index (χ3n) is 2.97. The van der Waals surface area contributed by atoms with Gasteiger partial charge >= 0.3 is 0 Å². The number of halogens is 1. The summed E-state index contributed by atoms with van der Waals surface area (Å²) in [4.78, 5) is 11.8. The van der Waals surface area contributed by atoms with Crippen molar-refractivity contribution < 1.29 is 4.79 Å². The molecule has 0 bridgehead atoms. The van der Waals surface area contributed by atoms with E-state index in [1.165, 1.54) is 0 Å². The van der Waals surface area contributed by atoms with Gasteiger partial charge in [-0.05, 0) is 17.5 Å². The zero-order valence-corrected chi connectivity index (χ0v) is 11.8. The van der Waals surface area contributed by atoms with Crippen LogP contribution in [0.2, 0.25) is 0 Å². The molecular formula is C13H19BrN2O. The molecule has 4 heteroatoms. The molecule has 0 radical (unpaired) electrons. The van der Waals surface area contributed by atoms with E-state index in [2.05, 4.69) is 21.2 Å². The maximum atomic E-state index is 11.8. The van der Waals surface area contributed by atoms with E-state index < -0.39 is 6.04 Å². The van der Waals surface area contributed by atoms with Gasteiger partial charge in [-0.25, -0.2) is 0 Å². The predicted molar refractivity (Wildman–Crippen MR) is 73.4 cm³/mol. The molecule has 1 unspecified atom stereocenters. The first-order valence-electron chi connectivity index (χ1n) is 5.83. The van der Waals surface area contributed by atoms with Crippen LogP contribution in [0.1, 0.15) is 25.8 Å². The first kappa shape index (κ1) is 14.2. The van der Waals surface area contributed by atoms with Crippen molar-refractivity contribution in [2.24, 2.45) is 11.7 Å². The monoisotopic (exact) mass is 298 g/mol. The van der Waals surface area contributed by atoms with Crippen LogP contribution in [0.4, 0.5) is 0 Å². The highest BCUT2D eigenvalue weighted by Gasteiger charge is 2.18. The van der Waals surface area contributed by atoms with Crippen LogP contribution in [0.15, 0.2) is 28.7 Å². The lowest BCUT2D eigenvalue weighted by Crippen LogP contribution is -2.44. The van der Waals surface area contributed by atoms with Crippen LogP contribution in [0.3, 0.4) is 0 Å². The topological polar surface area (TPSA) is 55.1 Å². The zero-order valence-electron chi connectivity index (χ0n) is 10.2. The van der Waals surface area contributed by atoms with Crippen molar-refractivity contribution in [3.63, 3.8) is 0 Å². The van der Waals surface area contributed by atoms with Crippen LogP contribution < -0.4 is 11.1 Å². The summed E-state index contributed by atoms with van der Waals surface area (Å²) in [6.45, 7) is 4.53. The highest BCUT2D eigenvalue weighted by Crippen LogP contribution is 2.15. The standard InChI is InChI=1S/C13H19BrN2O/c1-3-9(2)12(15)13(17)16-8-10-6-4-5-7-11(10)14/h4-7,9,12H,3,8,15H2,1-2H3,(H,16,17)/t9?,12-/m0/s1. The fraction of sp³-hybridized carbons (Fsp3) is 0.462. The van der Waals surface area contributed by atoms with Gasteiger partial charge in [0, 0.05) is 11.0 Å². The molecule has 0 saturated carbocycles. The molecule has 2 atom stereocenters. The van der Waals surface area contributed by atoms with Gasteiger partial charge in [-0.2, -0.15) is 0 Å². The van der Waals surface area contributed by atoms with Crippen LogP contribution in [0.5, 0.6) is 0 Å². The highest BCUT2D eigenvalue weighted by atomic mass is 79.9. The number of carbonyl (C=O) groups excluding carboxylic acids is 1. The molecular weight excluding hydrogens is 280 g/mol. The van der Waals surface area contributed by atoms with Gasteiger partial charge in [-0.15, -0.1) is 0 Å². The second kappa shape index (κ2) is 6.77. The summed E-state index contributed by atoms with van der Waals surface area (Å²) >= 11 is 3.44. The minimum atomic E-state index is -0.428. The van der Waals surface area contributed by atoms with Gasteiger partial charge in [0.1, 0.15) is 0 Å². The summed E-state index contributed by atoms with van der Waals surface area (Å²) in [5, 5.41) is 2.86. The van der Waals surface area contributed by atoms with Gasteiger partial charge < -0.3 is 11.1 Å². The van der Waals surface area contributed by atoms with Crippen LogP contribution >= 0.6 is 15.9 Å². The van der Waals surface area contributed by atoms with E-state index in [0.717, 1.165) is 16.5 Å². The summed E-state index contributed by atoms with van der Waals surface area (Å²) in [6, 6.07) is 7.39. The average Bonchev–Trinajstić information content (AvgIpc) is 2.35. The molecule has 94 valence electrons. The van der Waals surface area contributed by atoms with Crippen molar-refractivity contribution in [3.8, 4) is 0 Å². The molecule has 1 aromatic rings. The van der Waals surface area contributed by atoms with Crippen molar-refractivity contribution in [1.29, 1.82) is 0 Å². The summed E-state index contributed by atoms with van der Waals surface area (Å²) in [6.07, 6.45) is 0.906. The number of rotatable bonds is 5. The molecule has 0 fully saturated rings. The van der Waals surface area contributed by atoms with Crippen LogP contribution in [-0.2, 0) is 11.3 Å². The number of hydrogen-bond donors (Lipinski definition) is 2. The van der Waals surface area contributed by atoms with Crippen LogP contribution in [0, 0.1) is 5.92 Å². The number of nitrogens with two attached hydrogens (primary N) is 1. The van der Waals surface area contributed by atoms with Crippen molar-refractivity contribution in [2.75, 3.05) is 0 Å². The third kappa shape index (κ3) is 4.13. The fourth-order valence-electron chi connectivity index (χ4n) is 1.45. The summed E-state index contributed by atoms with van der Waals surface area (Å²) in [5.74, 6) is 0.115. The maximum absolute atomic E-state index is 11.8. The molecule has 1 amide bonds. The maximum Gasteiger partial charge on any atom is 0.237 e. The van der Waals surface area contributed by atoms with E-state index in [4.69, 9.17) is 5.73 Å². The van der Waals surface area contributed by atoms with Gasteiger partial charge in [-0.3, -0.25) is 4.79 Å². The Balaban J connectivity index is 2.51. The Kier molecular flexibility index (Phi) is 5.65. The van der Waals surface area contributed by atoms with Crippen LogP contribution in [-0.4, -0.2) is 11.9 Å². The molecule has 0 heterocycles. The summed E-state index contributed by atoms with van der Waals surface area (Å²) < 4.78 is 0.998. The van der Waals surface area contributed by atoms with Crippen molar-refractivity contribution in [1.82, 2.24) is 5.32 Å². The van der Waals surface area contributed by atoms with Gasteiger partial charge in [0.05, 0.1) is 6.04 Å². The van der Waals surface area contributed by atoms with Crippen LogP contribution in [0.25, 0.3) is 0 Å². The van der Waals surface area contributed by atoms with E-state index in [-0.39, 0.29) is 11.8 Å². The van der Waals surface area contributed by atoms with Crippen molar-refractivity contribution >= 4 is 21.8 Å². The second-order valence-corrected chi connectivity index (χ2v) is 5.07. The molecule has 0 aliphatic rings. The minimum absolute atomic E-state index is 0.0879. The third-order valence-corrected chi connectivity index (χ3v) is 3.74. The van der Waals surface area contributed by atoms with Gasteiger partial charge in [0.15, 0.2) is 0 Å². The Hall–Kier alpha value is -0.870. The second-order valence-electron chi connectivity index (χ2n) is 4.22. The van der Waals surface area contributed by atoms with E-state index >= 15 is 0 Å². The summed E-state index contributed by atoms with van der Waals surface area (Å²) in [5.41, 5.74) is 6.90. The Bertz CT molecular complexity index is 381. The quantitative estimate of drug-likeness (QED) is 0.877. The molecule has 0 spiro atoms. The lowest BCUT2D eigenvalue weighted by atomic mass is 9.99. The fourth-order valence-corrected chi connectivity index (χ4v) is 1.88. The number of benzene rings is 1. The molecule has 0 aliphatic carbocycles. The minimum Gasteiger partial charge on any atom is -0.351 e. The first-order valence-corrected chi connectivity index (χ1v) is 6.62. The van der Waals surface area contributed by atoms with Gasteiger partial charge in [-0.1, -0.05) is 54.4 Å². The molecule has 0 saturated heterocycles. The molecule has 0 aromatic heterocycles. The lowest BCUT2D eigenvalue weighted by molar-refractivity contribution is -0.123. The van der Waals surface area contributed by atoms with Crippen molar-refractivity contribution in [2.45, 2.75) is 32.9 Å².